The van der Waals surface area contributed by atoms with E-state index in [0.29, 0.717) is 23.9 Å². The van der Waals surface area contributed by atoms with Crippen LogP contribution in [0.4, 0.5) is 0 Å². The Balaban J connectivity index is 1.90. The number of piperidine rings is 1. The molecule has 0 unspecified atom stereocenters. The van der Waals surface area contributed by atoms with E-state index in [-0.39, 0.29) is 18.6 Å². The molecule has 0 aliphatic carbocycles. The van der Waals surface area contributed by atoms with Crippen LogP contribution in [-0.2, 0) is 9.53 Å². The molecule has 0 bridgehead atoms. The molecule has 1 aliphatic rings. The second kappa shape index (κ2) is 7.45. The van der Waals surface area contributed by atoms with Gasteiger partial charge in [-0.2, -0.15) is 0 Å². The number of aromatic nitrogens is 1. The van der Waals surface area contributed by atoms with Crippen LogP contribution < -0.4 is 4.74 Å². The molecular formula is C14H19ClN2O3. The highest BCUT2D eigenvalue weighted by Crippen LogP contribution is 2.25. The Bertz CT molecular complexity index is 456. The quantitative estimate of drug-likeness (QED) is 0.836. The second-order valence-electron chi connectivity index (χ2n) is 4.67. The maximum Gasteiger partial charge on any atom is 0.248 e. The summed E-state index contributed by atoms with van der Waals surface area (Å²) in [5.41, 5.74) is 0. The number of rotatable bonds is 5. The van der Waals surface area contributed by atoms with Gasteiger partial charge in [0.15, 0.2) is 0 Å². The lowest BCUT2D eigenvalue weighted by Gasteiger charge is -2.33. The Labute approximate surface area is 123 Å². The minimum atomic E-state index is -0.0331. The highest BCUT2D eigenvalue weighted by Gasteiger charge is 2.25. The molecule has 2 heterocycles. The zero-order chi connectivity index (χ0) is 14.4. The topological polar surface area (TPSA) is 51.7 Å². The van der Waals surface area contributed by atoms with Crippen molar-refractivity contribution in [2.45, 2.75) is 25.9 Å². The van der Waals surface area contributed by atoms with Crippen LogP contribution in [0, 0.1) is 0 Å². The number of carbonyl (C=O) groups excluding carboxylic acids is 1. The number of amides is 1. The predicted molar refractivity (Wildman–Crippen MR) is 76.0 cm³/mol. The molecule has 1 aromatic heterocycles. The Morgan fingerprint density at radius 2 is 2.45 bits per heavy atom. The van der Waals surface area contributed by atoms with E-state index in [1.165, 1.54) is 0 Å². The number of carbonyl (C=O) groups is 1. The van der Waals surface area contributed by atoms with Gasteiger partial charge in [-0.25, -0.2) is 0 Å². The van der Waals surface area contributed by atoms with Crippen molar-refractivity contribution in [3.63, 3.8) is 0 Å². The largest absolute Gasteiger partial charge is 0.487 e. The van der Waals surface area contributed by atoms with Crippen LogP contribution in [0.25, 0.3) is 0 Å². The predicted octanol–water partition coefficient (Wildman–Crippen LogP) is 2.14. The highest BCUT2D eigenvalue weighted by molar-refractivity contribution is 6.31. The maximum atomic E-state index is 11.9. The third kappa shape index (κ3) is 4.08. The Morgan fingerprint density at radius 1 is 1.60 bits per heavy atom. The zero-order valence-corrected chi connectivity index (χ0v) is 12.3. The molecule has 1 amide bonds. The fourth-order valence-electron chi connectivity index (χ4n) is 2.18. The fourth-order valence-corrected chi connectivity index (χ4v) is 2.34. The molecule has 110 valence electrons. The third-order valence-electron chi connectivity index (χ3n) is 3.19. The number of likely N-dealkylation sites (tertiary alicyclic amines) is 1. The van der Waals surface area contributed by atoms with E-state index in [0.717, 1.165) is 19.4 Å². The normalized spacial score (nSPS) is 18.9. The summed E-state index contributed by atoms with van der Waals surface area (Å²) in [6.07, 6.45) is 5.00. The van der Waals surface area contributed by atoms with Crippen LogP contribution in [0.2, 0.25) is 5.02 Å². The van der Waals surface area contributed by atoms with Crippen LogP contribution in [-0.4, -0.2) is 48.2 Å². The Hall–Kier alpha value is -1.33. The maximum absolute atomic E-state index is 11.9. The van der Waals surface area contributed by atoms with Gasteiger partial charge in [-0.15, -0.1) is 0 Å². The first-order valence-electron chi connectivity index (χ1n) is 6.82. The molecule has 1 aliphatic heterocycles. The second-order valence-corrected chi connectivity index (χ2v) is 5.07. The number of pyridine rings is 1. The third-order valence-corrected chi connectivity index (χ3v) is 3.47. The average molecular weight is 299 g/mol. The fraction of sp³-hybridized carbons (Fsp3) is 0.571. The average Bonchev–Trinajstić information content (AvgIpc) is 2.47. The molecule has 20 heavy (non-hydrogen) atoms. The number of ether oxygens (including phenoxy) is 2. The Morgan fingerprint density at radius 3 is 3.20 bits per heavy atom. The zero-order valence-electron chi connectivity index (χ0n) is 11.5. The Kier molecular flexibility index (Phi) is 5.61. The number of hydrogen-bond acceptors (Lipinski definition) is 4. The van der Waals surface area contributed by atoms with E-state index >= 15 is 0 Å². The van der Waals surface area contributed by atoms with Crippen molar-refractivity contribution < 1.29 is 14.3 Å². The molecule has 1 fully saturated rings. The summed E-state index contributed by atoms with van der Waals surface area (Å²) < 4.78 is 11.0. The molecule has 1 saturated heterocycles. The summed E-state index contributed by atoms with van der Waals surface area (Å²) in [4.78, 5) is 17.6. The standard InChI is InChI=1S/C14H19ClN2O3/c1-2-19-10-14(18)17-7-3-4-11(9-17)20-13-5-6-16-8-12(13)15/h5-6,8,11H,2-4,7,9-10H2,1H3/t11-/m1/s1. The summed E-state index contributed by atoms with van der Waals surface area (Å²) in [5, 5.41) is 0.491. The van der Waals surface area contributed by atoms with E-state index in [1.54, 1.807) is 23.4 Å². The summed E-state index contributed by atoms with van der Waals surface area (Å²) in [7, 11) is 0. The van der Waals surface area contributed by atoms with Crippen molar-refractivity contribution in [2.75, 3.05) is 26.3 Å². The molecule has 5 nitrogen and oxygen atoms in total. The van der Waals surface area contributed by atoms with E-state index in [2.05, 4.69) is 4.98 Å². The van der Waals surface area contributed by atoms with Crippen molar-refractivity contribution >= 4 is 17.5 Å². The monoisotopic (exact) mass is 298 g/mol. The number of nitrogens with zero attached hydrogens (tertiary/aromatic N) is 2. The molecular weight excluding hydrogens is 280 g/mol. The molecule has 1 aromatic rings. The lowest BCUT2D eigenvalue weighted by atomic mass is 10.1. The van der Waals surface area contributed by atoms with E-state index in [1.807, 2.05) is 6.92 Å². The van der Waals surface area contributed by atoms with Crippen LogP contribution in [0.15, 0.2) is 18.5 Å². The molecule has 0 N–H and O–H groups in total. The van der Waals surface area contributed by atoms with Gasteiger partial charge >= 0.3 is 0 Å². The minimum Gasteiger partial charge on any atom is -0.487 e. The van der Waals surface area contributed by atoms with Gasteiger partial charge in [-0.3, -0.25) is 9.78 Å². The van der Waals surface area contributed by atoms with Crippen molar-refractivity contribution in [2.24, 2.45) is 0 Å². The van der Waals surface area contributed by atoms with Crippen LogP contribution in [0.1, 0.15) is 19.8 Å². The van der Waals surface area contributed by atoms with Crippen molar-refractivity contribution in [1.29, 1.82) is 0 Å². The summed E-state index contributed by atoms with van der Waals surface area (Å²) in [6, 6.07) is 1.74. The highest BCUT2D eigenvalue weighted by atomic mass is 35.5. The summed E-state index contributed by atoms with van der Waals surface area (Å²) in [6.45, 7) is 3.90. The SMILES string of the molecule is CCOCC(=O)N1CCC[C@@H](Oc2ccncc2Cl)C1. The molecule has 2 rings (SSSR count). The number of halogens is 1. The van der Waals surface area contributed by atoms with E-state index in [4.69, 9.17) is 21.1 Å². The van der Waals surface area contributed by atoms with Gasteiger partial charge < -0.3 is 14.4 Å². The van der Waals surface area contributed by atoms with Crippen LogP contribution >= 0.6 is 11.6 Å². The smallest absolute Gasteiger partial charge is 0.248 e. The van der Waals surface area contributed by atoms with Crippen molar-refractivity contribution in [3.8, 4) is 5.75 Å². The molecule has 0 saturated carbocycles. The molecule has 0 spiro atoms. The van der Waals surface area contributed by atoms with Gasteiger partial charge in [0.25, 0.3) is 0 Å². The molecule has 6 heteroatoms. The van der Waals surface area contributed by atoms with E-state index < -0.39 is 0 Å². The van der Waals surface area contributed by atoms with Gasteiger partial charge in [0.2, 0.25) is 5.91 Å². The molecule has 1 atom stereocenters. The molecule has 0 aromatic carbocycles. The van der Waals surface area contributed by atoms with Crippen LogP contribution in [0.5, 0.6) is 5.75 Å². The van der Waals surface area contributed by atoms with Gasteiger partial charge in [0, 0.05) is 31.6 Å². The number of hydrogen-bond donors (Lipinski definition) is 0. The first-order chi connectivity index (χ1) is 9.70. The summed E-state index contributed by atoms with van der Waals surface area (Å²) >= 11 is 6.02. The van der Waals surface area contributed by atoms with Gasteiger partial charge in [0.1, 0.15) is 23.5 Å². The van der Waals surface area contributed by atoms with Crippen LogP contribution in [0.3, 0.4) is 0 Å². The lowest BCUT2D eigenvalue weighted by Crippen LogP contribution is -2.45. The van der Waals surface area contributed by atoms with E-state index in [9.17, 15) is 4.79 Å². The van der Waals surface area contributed by atoms with Gasteiger partial charge in [-0.05, 0) is 19.8 Å². The first kappa shape index (κ1) is 15.1. The molecule has 0 radical (unpaired) electrons. The first-order valence-corrected chi connectivity index (χ1v) is 7.20. The summed E-state index contributed by atoms with van der Waals surface area (Å²) in [5.74, 6) is 0.631. The van der Waals surface area contributed by atoms with Gasteiger partial charge in [-0.1, -0.05) is 11.6 Å². The lowest BCUT2D eigenvalue weighted by molar-refractivity contribution is -0.138. The van der Waals surface area contributed by atoms with Crippen molar-refractivity contribution in [3.05, 3.63) is 23.5 Å². The van der Waals surface area contributed by atoms with Crippen molar-refractivity contribution in [1.82, 2.24) is 9.88 Å². The minimum absolute atomic E-state index is 0.0148. The van der Waals surface area contributed by atoms with Gasteiger partial charge in [0.05, 0.1) is 6.54 Å².